The molecule has 2 nitrogen and oxygen atoms in total. The van der Waals surface area contributed by atoms with Crippen LogP contribution in [-0.2, 0) is 5.75 Å². The van der Waals surface area contributed by atoms with Gasteiger partial charge in [0.05, 0.1) is 5.03 Å². The summed E-state index contributed by atoms with van der Waals surface area (Å²) in [6, 6.07) is 8.61. The molecule has 0 atom stereocenters. The zero-order chi connectivity index (χ0) is 15.2. The molecule has 0 aliphatic heterocycles. The number of rotatable bonds is 3. The molecule has 4 heteroatoms. The molecule has 0 unspecified atom stereocenters. The van der Waals surface area contributed by atoms with Crippen molar-refractivity contribution in [2.75, 3.05) is 6.61 Å². The third kappa shape index (κ3) is 4.59. The monoisotopic (exact) mass is 301 g/mol. The Morgan fingerprint density at radius 3 is 2.76 bits per heavy atom. The number of hydrogen-bond acceptors (Lipinski definition) is 3. The smallest absolute Gasteiger partial charge is 0.124 e. The molecule has 0 bridgehead atoms. The van der Waals surface area contributed by atoms with Gasteiger partial charge in [-0.1, -0.05) is 17.9 Å². The number of thioether (sulfide) groups is 1. The van der Waals surface area contributed by atoms with Gasteiger partial charge >= 0.3 is 0 Å². The van der Waals surface area contributed by atoms with E-state index in [4.69, 9.17) is 5.11 Å². The van der Waals surface area contributed by atoms with Crippen molar-refractivity contribution in [3.8, 4) is 11.8 Å². The Hall–Kier alpha value is -1.83. The third-order valence-electron chi connectivity index (χ3n) is 2.82. The number of aliphatic hydroxyl groups is 1. The van der Waals surface area contributed by atoms with Gasteiger partial charge in [-0.05, 0) is 49.2 Å². The highest BCUT2D eigenvalue weighted by molar-refractivity contribution is 7.98. The van der Waals surface area contributed by atoms with E-state index < -0.39 is 0 Å². The molecular weight excluding hydrogens is 285 g/mol. The summed E-state index contributed by atoms with van der Waals surface area (Å²) in [5, 5.41) is 9.72. The SMILES string of the molecule is Cc1cc(C)nc(SCc2ccc(F)cc2C#CCO)c1. The van der Waals surface area contributed by atoms with Crippen molar-refractivity contribution in [1.29, 1.82) is 0 Å². The minimum absolute atomic E-state index is 0.234. The van der Waals surface area contributed by atoms with E-state index >= 15 is 0 Å². The van der Waals surface area contributed by atoms with Crippen molar-refractivity contribution in [2.45, 2.75) is 24.6 Å². The summed E-state index contributed by atoms with van der Waals surface area (Å²) in [5.74, 6) is 5.69. The van der Waals surface area contributed by atoms with Crippen LogP contribution >= 0.6 is 11.8 Å². The Kier molecular flexibility index (Phi) is 5.38. The summed E-state index contributed by atoms with van der Waals surface area (Å²) in [6.45, 7) is 3.77. The van der Waals surface area contributed by atoms with Crippen LogP contribution in [0.3, 0.4) is 0 Å². The van der Waals surface area contributed by atoms with Gasteiger partial charge in [-0.25, -0.2) is 9.37 Å². The van der Waals surface area contributed by atoms with Gasteiger partial charge in [0.25, 0.3) is 0 Å². The van der Waals surface area contributed by atoms with Crippen LogP contribution in [0.1, 0.15) is 22.4 Å². The highest BCUT2D eigenvalue weighted by Crippen LogP contribution is 2.24. The number of hydrogen-bond donors (Lipinski definition) is 1. The number of benzene rings is 1. The van der Waals surface area contributed by atoms with Gasteiger partial charge in [-0.3, -0.25) is 0 Å². The van der Waals surface area contributed by atoms with Crippen LogP contribution in [0.25, 0.3) is 0 Å². The Morgan fingerprint density at radius 1 is 1.24 bits per heavy atom. The van der Waals surface area contributed by atoms with E-state index in [0.29, 0.717) is 11.3 Å². The van der Waals surface area contributed by atoms with Crippen molar-refractivity contribution in [3.05, 3.63) is 58.5 Å². The lowest BCUT2D eigenvalue weighted by atomic mass is 10.1. The second-order valence-electron chi connectivity index (χ2n) is 4.67. The first-order valence-electron chi connectivity index (χ1n) is 6.55. The van der Waals surface area contributed by atoms with Gasteiger partial charge < -0.3 is 5.11 Å². The minimum Gasteiger partial charge on any atom is -0.384 e. The fraction of sp³-hybridized carbons (Fsp3) is 0.235. The first-order valence-corrected chi connectivity index (χ1v) is 7.53. The Morgan fingerprint density at radius 2 is 2.05 bits per heavy atom. The van der Waals surface area contributed by atoms with E-state index in [1.165, 1.54) is 17.7 Å². The number of halogens is 1. The lowest BCUT2D eigenvalue weighted by molar-refractivity contribution is 0.350. The Labute approximate surface area is 128 Å². The molecule has 1 aromatic heterocycles. The fourth-order valence-corrected chi connectivity index (χ4v) is 2.99. The maximum atomic E-state index is 13.3. The summed E-state index contributed by atoms with van der Waals surface area (Å²) >= 11 is 1.59. The lowest BCUT2D eigenvalue weighted by Gasteiger charge is -2.06. The fourth-order valence-electron chi connectivity index (χ4n) is 1.96. The number of pyridine rings is 1. The molecule has 1 N–H and O–H groups in total. The van der Waals surface area contributed by atoms with Crippen molar-refractivity contribution in [2.24, 2.45) is 0 Å². The second kappa shape index (κ2) is 7.26. The maximum Gasteiger partial charge on any atom is 0.124 e. The molecule has 0 aliphatic carbocycles. The molecular formula is C17H16FNOS. The molecule has 0 fully saturated rings. The molecule has 0 saturated heterocycles. The molecule has 0 radical (unpaired) electrons. The molecule has 2 rings (SSSR count). The highest BCUT2D eigenvalue weighted by Gasteiger charge is 2.05. The second-order valence-corrected chi connectivity index (χ2v) is 5.67. The van der Waals surface area contributed by atoms with Crippen LogP contribution in [0.4, 0.5) is 4.39 Å². The lowest BCUT2D eigenvalue weighted by Crippen LogP contribution is -1.92. The average Bonchev–Trinajstić information content (AvgIpc) is 2.43. The number of nitrogens with zero attached hydrogens (tertiary/aromatic N) is 1. The molecule has 0 aliphatic rings. The van der Waals surface area contributed by atoms with Crippen LogP contribution < -0.4 is 0 Å². The van der Waals surface area contributed by atoms with Crippen LogP contribution in [-0.4, -0.2) is 16.7 Å². The largest absolute Gasteiger partial charge is 0.384 e. The quantitative estimate of drug-likeness (QED) is 0.696. The number of aliphatic hydroxyl groups excluding tert-OH is 1. The van der Waals surface area contributed by atoms with Gasteiger partial charge in [0.1, 0.15) is 12.4 Å². The van der Waals surface area contributed by atoms with Crippen molar-refractivity contribution >= 4 is 11.8 Å². The van der Waals surface area contributed by atoms with Gasteiger partial charge in [0.15, 0.2) is 0 Å². The van der Waals surface area contributed by atoms with Crippen molar-refractivity contribution in [1.82, 2.24) is 4.98 Å². The van der Waals surface area contributed by atoms with Gasteiger partial charge in [-0.15, -0.1) is 11.8 Å². The third-order valence-corrected chi connectivity index (χ3v) is 3.78. The average molecular weight is 301 g/mol. The van der Waals surface area contributed by atoms with E-state index in [-0.39, 0.29) is 12.4 Å². The topological polar surface area (TPSA) is 33.1 Å². The van der Waals surface area contributed by atoms with E-state index in [0.717, 1.165) is 16.3 Å². The van der Waals surface area contributed by atoms with E-state index in [2.05, 4.69) is 16.8 Å². The first-order chi connectivity index (χ1) is 10.1. The highest BCUT2D eigenvalue weighted by atomic mass is 32.2. The van der Waals surface area contributed by atoms with Crippen molar-refractivity contribution in [3.63, 3.8) is 0 Å². The first kappa shape index (κ1) is 15.6. The summed E-state index contributed by atoms with van der Waals surface area (Å²) < 4.78 is 13.3. The van der Waals surface area contributed by atoms with Gasteiger partial charge in [0.2, 0.25) is 0 Å². The van der Waals surface area contributed by atoms with Gasteiger partial charge in [0, 0.05) is 17.0 Å². The zero-order valence-electron chi connectivity index (χ0n) is 12.0. The number of aromatic nitrogens is 1. The Bertz CT molecular complexity index is 683. The molecule has 0 amide bonds. The normalized spacial score (nSPS) is 10.1. The van der Waals surface area contributed by atoms with Gasteiger partial charge in [-0.2, -0.15) is 0 Å². The Balaban J connectivity index is 2.19. The molecule has 1 aromatic carbocycles. The molecule has 0 spiro atoms. The summed E-state index contributed by atoms with van der Waals surface area (Å²) in [6.07, 6.45) is 0. The predicted molar refractivity (Wildman–Crippen MR) is 83.6 cm³/mol. The van der Waals surface area contributed by atoms with E-state index in [1.54, 1.807) is 17.8 Å². The van der Waals surface area contributed by atoms with Crippen LogP contribution in [0.5, 0.6) is 0 Å². The van der Waals surface area contributed by atoms with Crippen molar-refractivity contribution < 1.29 is 9.50 Å². The van der Waals surface area contributed by atoms with Crippen LogP contribution in [0.2, 0.25) is 0 Å². The summed E-state index contributed by atoms with van der Waals surface area (Å²) in [5.41, 5.74) is 3.70. The van der Waals surface area contributed by atoms with E-state index in [1.807, 2.05) is 26.0 Å². The van der Waals surface area contributed by atoms with Crippen LogP contribution in [0.15, 0.2) is 35.4 Å². The molecule has 21 heavy (non-hydrogen) atoms. The molecule has 2 aromatic rings. The molecule has 108 valence electrons. The van der Waals surface area contributed by atoms with E-state index in [9.17, 15) is 4.39 Å². The summed E-state index contributed by atoms with van der Waals surface area (Å²) in [4.78, 5) is 4.47. The minimum atomic E-state index is -0.324. The zero-order valence-corrected chi connectivity index (χ0v) is 12.8. The summed E-state index contributed by atoms with van der Waals surface area (Å²) in [7, 11) is 0. The predicted octanol–water partition coefficient (Wildman–Crippen LogP) is 3.47. The standard InChI is InChI=1S/C17H16FNOS/c1-12-8-13(2)19-17(9-12)21-11-15-5-6-16(18)10-14(15)4-3-7-20/h5-6,8-10,20H,7,11H2,1-2H3. The number of aryl methyl sites for hydroxylation is 2. The molecule has 1 heterocycles. The van der Waals surface area contributed by atoms with Crippen LogP contribution in [0, 0.1) is 31.5 Å². The maximum absolute atomic E-state index is 13.3. The molecule has 0 saturated carbocycles.